The number of ether oxygens (including phenoxy) is 1. The van der Waals surface area contributed by atoms with Crippen LogP contribution in [0.3, 0.4) is 0 Å². The van der Waals surface area contributed by atoms with E-state index in [1.807, 2.05) is 45.0 Å². The van der Waals surface area contributed by atoms with Crippen LogP contribution < -0.4 is 10.1 Å². The predicted octanol–water partition coefficient (Wildman–Crippen LogP) is 2.68. The van der Waals surface area contributed by atoms with Gasteiger partial charge in [-0.3, -0.25) is 0 Å². The molecule has 2 N–H and O–H groups in total. The van der Waals surface area contributed by atoms with Crippen molar-refractivity contribution in [1.29, 1.82) is 0 Å². The molecule has 0 amide bonds. The van der Waals surface area contributed by atoms with Crippen LogP contribution in [-0.4, -0.2) is 24.3 Å². The fourth-order valence-electron chi connectivity index (χ4n) is 2.72. The molecule has 3 nitrogen and oxygen atoms in total. The Morgan fingerprint density at radius 3 is 2.84 bits per heavy atom. The smallest absolute Gasteiger partial charge is 0.120 e. The van der Waals surface area contributed by atoms with Crippen molar-refractivity contribution in [2.24, 2.45) is 5.92 Å². The van der Waals surface area contributed by atoms with Gasteiger partial charge in [0.2, 0.25) is 0 Å². The predicted molar refractivity (Wildman–Crippen MR) is 77.4 cm³/mol. The van der Waals surface area contributed by atoms with Gasteiger partial charge in [-0.2, -0.15) is 0 Å². The molecule has 1 heterocycles. The highest BCUT2D eigenvalue weighted by Crippen LogP contribution is 2.34. The van der Waals surface area contributed by atoms with E-state index in [0.717, 1.165) is 37.2 Å². The number of aliphatic hydroxyl groups is 1. The Balaban J connectivity index is 2.18. The van der Waals surface area contributed by atoms with Gasteiger partial charge in [-0.25, -0.2) is 0 Å². The van der Waals surface area contributed by atoms with Crippen molar-refractivity contribution in [2.75, 3.05) is 13.1 Å². The molecule has 0 saturated carbocycles. The van der Waals surface area contributed by atoms with E-state index in [2.05, 4.69) is 5.32 Å². The molecule has 0 aromatic heterocycles. The molecule has 1 aliphatic rings. The lowest BCUT2D eigenvalue weighted by Crippen LogP contribution is -2.42. The van der Waals surface area contributed by atoms with Gasteiger partial charge in [-0.05, 0) is 57.9 Å². The van der Waals surface area contributed by atoms with Gasteiger partial charge in [-0.1, -0.05) is 12.1 Å². The molecule has 1 saturated heterocycles. The molecule has 1 aromatic carbocycles. The molecule has 0 aliphatic carbocycles. The van der Waals surface area contributed by atoms with Gasteiger partial charge < -0.3 is 15.2 Å². The third-order valence-corrected chi connectivity index (χ3v) is 3.88. The maximum atomic E-state index is 10.9. The summed E-state index contributed by atoms with van der Waals surface area (Å²) in [6.45, 7) is 7.87. The van der Waals surface area contributed by atoms with E-state index >= 15 is 0 Å². The normalized spacial score (nSPS) is 23.1. The molecule has 0 spiro atoms. The summed E-state index contributed by atoms with van der Waals surface area (Å²) in [5.74, 6) is 1.09. The van der Waals surface area contributed by atoms with Crippen LogP contribution in [0.1, 0.15) is 39.2 Å². The number of benzene rings is 1. The molecule has 19 heavy (non-hydrogen) atoms. The van der Waals surface area contributed by atoms with Crippen molar-refractivity contribution in [2.45, 2.75) is 45.3 Å². The van der Waals surface area contributed by atoms with E-state index in [4.69, 9.17) is 4.74 Å². The first-order valence-electron chi connectivity index (χ1n) is 7.20. The van der Waals surface area contributed by atoms with E-state index in [0.29, 0.717) is 0 Å². The van der Waals surface area contributed by atoms with Crippen LogP contribution >= 0.6 is 0 Å². The average molecular weight is 263 g/mol. The molecule has 0 bridgehead atoms. The number of piperidine rings is 1. The van der Waals surface area contributed by atoms with Crippen LogP contribution in [0.5, 0.6) is 5.75 Å². The van der Waals surface area contributed by atoms with Crippen LogP contribution in [0.4, 0.5) is 0 Å². The molecule has 1 fully saturated rings. The van der Waals surface area contributed by atoms with Crippen molar-refractivity contribution in [3.63, 3.8) is 0 Å². The summed E-state index contributed by atoms with van der Waals surface area (Å²) >= 11 is 0. The lowest BCUT2D eigenvalue weighted by atomic mass is 9.79. The Bertz CT molecular complexity index is 409. The molecule has 3 heteroatoms. The zero-order valence-corrected chi connectivity index (χ0v) is 12.1. The van der Waals surface area contributed by atoms with Gasteiger partial charge >= 0.3 is 0 Å². The summed E-state index contributed by atoms with van der Waals surface area (Å²) in [5, 5.41) is 14.2. The average Bonchev–Trinajstić information content (AvgIpc) is 2.39. The zero-order chi connectivity index (χ0) is 13.9. The first-order valence-corrected chi connectivity index (χ1v) is 7.20. The number of rotatable bonds is 4. The fourth-order valence-corrected chi connectivity index (χ4v) is 2.72. The fraction of sp³-hybridized carbons (Fsp3) is 0.625. The SMILES string of the molecule is CC(C)Oc1cccc(C(C)(O)C2CCCNC2)c1. The summed E-state index contributed by atoms with van der Waals surface area (Å²) in [5.41, 5.74) is 0.142. The van der Waals surface area contributed by atoms with E-state index in [1.165, 1.54) is 0 Å². The maximum Gasteiger partial charge on any atom is 0.120 e. The van der Waals surface area contributed by atoms with Gasteiger partial charge in [0.05, 0.1) is 11.7 Å². The van der Waals surface area contributed by atoms with Crippen molar-refractivity contribution >= 4 is 0 Å². The summed E-state index contributed by atoms with van der Waals surface area (Å²) in [6.07, 6.45) is 2.34. The lowest BCUT2D eigenvalue weighted by molar-refractivity contribution is -0.0158. The number of nitrogens with one attached hydrogen (secondary N) is 1. The second-order valence-corrected chi connectivity index (χ2v) is 5.89. The Hall–Kier alpha value is -1.06. The van der Waals surface area contributed by atoms with Gasteiger partial charge in [-0.15, -0.1) is 0 Å². The van der Waals surface area contributed by atoms with E-state index in [1.54, 1.807) is 0 Å². The van der Waals surface area contributed by atoms with Crippen LogP contribution in [0, 0.1) is 5.92 Å². The van der Waals surface area contributed by atoms with E-state index < -0.39 is 5.60 Å². The molecule has 2 atom stereocenters. The minimum atomic E-state index is -0.802. The molecular formula is C16H25NO2. The van der Waals surface area contributed by atoms with Crippen LogP contribution in [-0.2, 0) is 5.60 Å². The molecule has 1 aliphatic heterocycles. The van der Waals surface area contributed by atoms with Crippen molar-refractivity contribution in [1.82, 2.24) is 5.32 Å². The standard InChI is InChI=1S/C16H25NO2/c1-12(2)19-15-8-4-6-13(10-15)16(3,18)14-7-5-9-17-11-14/h4,6,8,10,12,14,17-18H,5,7,9,11H2,1-3H3. The second-order valence-electron chi connectivity index (χ2n) is 5.89. The first kappa shape index (κ1) is 14.4. The molecule has 1 aromatic rings. The Labute approximate surface area is 116 Å². The van der Waals surface area contributed by atoms with E-state index in [9.17, 15) is 5.11 Å². The Kier molecular flexibility index (Phi) is 4.48. The van der Waals surface area contributed by atoms with Gasteiger partial charge in [0.15, 0.2) is 0 Å². The highest BCUT2D eigenvalue weighted by atomic mass is 16.5. The van der Waals surface area contributed by atoms with Gasteiger partial charge in [0.1, 0.15) is 5.75 Å². The highest BCUT2D eigenvalue weighted by Gasteiger charge is 2.34. The number of hydrogen-bond acceptors (Lipinski definition) is 3. The lowest BCUT2D eigenvalue weighted by Gasteiger charge is -2.36. The molecule has 2 unspecified atom stereocenters. The quantitative estimate of drug-likeness (QED) is 0.877. The van der Waals surface area contributed by atoms with Crippen molar-refractivity contribution in [3.8, 4) is 5.75 Å². The largest absolute Gasteiger partial charge is 0.491 e. The van der Waals surface area contributed by atoms with Crippen molar-refractivity contribution < 1.29 is 9.84 Å². The number of hydrogen-bond donors (Lipinski definition) is 2. The van der Waals surface area contributed by atoms with Crippen LogP contribution in [0.25, 0.3) is 0 Å². The minimum Gasteiger partial charge on any atom is -0.491 e. The van der Waals surface area contributed by atoms with Gasteiger partial charge in [0.25, 0.3) is 0 Å². The zero-order valence-electron chi connectivity index (χ0n) is 12.1. The second kappa shape index (κ2) is 5.93. The van der Waals surface area contributed by atoms with Crippen molar-refractivity contribution in [3.05, 3.63) is 29.8 Å². The highest BCUT2D eigenvalue weighted by molar-refractivity contribution is 5.32. The van der Waals surface area contributed by atoms with E-state index in [-0.39, 0.29) is 12.0 Å². The third-order valence-electron chi connectivity index (χ3n) is 3.88. The molecule has 2 rings (SSSR count). The molecular weight excluding hydrogens is 238 g/mol. The van der Waals surface area contributed by atoms with Crippen LogP contribution in [0.2, 0.25) is 0 Å². The first-order chi connectivity index (χ1) is 9.00. The Morgan fingerprint density at radius 2 is 2.21 bits per heavy atom. The van der Waals surface area contributed by atoms with Crippen LogP contribution in [0.15, 0.2) is 24.3 Å². The summed E-state index contributed by atoms with van der Waals surface area (Å²) in [7, 11) is 0. The summed E-state index contributed by atoms with van der Waals surface area (Å²) < 4.78 is 5.71. The summed E-state index contributed by atoms with van der Waals surface area (Å²) in [4.78, 5) is 0. The maximum absolute atomic E-state index is 10.9. The Morgan fingerprint density at radius 1 is 1.42 bits per heavy atom. The van der Waals surface area contributed by atoms with Gasteiger partial charge in [0, 0.05) is 12.5 Å². The topological polar surface area (TPSA) is 41.5 Å². The monoisotopic (exact) mass is 263 g/mol. The third kappa shape index (κ3) is 3.48. The molecule has 106 valence electrons. The minimum absolute atomic E-state index is 0.150. The molecule has 0 radical (unpaired) electrons. The summed E-state index contributed by atoms with van der Waals surface area (Å²) in [6, 6.07) is 7.85.